The summed E-state index contributed by atoms with van der Waals surface area (Å²) >= 11 is 11.7. The van der Waals surface area contributed by atoms with Gasteiger partial charge in [0.25, 0.3) is 0 Å². The van der Waals surface area contributed by atoms with Crippen molar-refractivity contribution >= 4 is 39.8 Å². The molecule has 0 aliphatic heterocycles. The van der Waals surface area contributed by atoms with Gasteiger partial charge in [0.05, 0.1) is 26.1 Å². The molecule has 0 radical (unpaired) electrons. The SMILES string of the molecule is O=C1CCCCC1S(=O)c1ccc(Cl)c(Cl)c1. The average Bonchev–Trinajstić information content (AvgIpc) is 2.32. The molecule has 1 aromatic rings. The third-order valence-electron chi connectivity index (χ3n) is 2.88. The van der Waals surface area contributed by atoms with Crippen molar-refractivity contribution in [2.24, 2.45) is 0 Å². The van der Waals surface area contributed by atoms with Crippen molar-refractivity contribution in [3.05, 3.63) is 28.2 Å². The van der Waals surface area contributed by atoms with Crippen LogP contribution >= 0.6 is 23.2 Å². The quantitative estimate of drug-likeness (QED) is 0.834. The second-order valence-corrected chi connectivity index (χ2v) is 6.52. The Kier molecular flexibility index (Phi) is 4.23. The number of carbonyl (C=O) groups is 1. The molecule has 2 nitrogen and oxygen atoms in total. The number of carbonyl (C=O) groups excluding carboxylic acids is 1. The molecule has 1 saturated carbocycles. The molecule has 17 heavy (non-hydrogen) atoms. The van der Waals surface area contributed by atoms with Crippen molar-refractivity contribution < 1.29 is 9.00 Å². The summed E-state index contributed by atoms with van der Waals surface area (Å²) in [7, 11) is -1.31. The van der Waals surface area contributed by atoms with Gasteiger partial charge in [-0.05, 0) is 31.0 Å². The summed E-state index contributed by atoms with van der Waals surface area (Å²) in [6.07, 6.45) is 3.11. The maximum atomic E-state index is 12.3. The zero-order valence-electron chi connectivity index (χ0n) is 9.12. The lowest BCUT2D eigenvalue weighted by Crippen LogP contribution is -2.29. The molecule has 92 valence electrons. The number of hydrogen-bond donors (Lipinski definition) is 0. The Bertz CT molecular complexity index is 474. The fourth-order valence-corrected chi connectivity index (χ4v) is 3.81. The minimum atomic E-state index is -1.31. The first-order valence-electron chi connectivity index (χ1n) is 5.48. The Balaban J connectivity index is 2.24. The lowest BCUT2D eigenvalue weighted by atomic mass is 9.99. The summed E-state index contributed by atoms with van der Waals surface area (Å²) in [6.45, 7) is 0. The molecule has 2 rings (SSSR count). The highest BCUT2D eigenvalue weighted by Crippen LogP contribution is 2.28. The summed E-state index contributed by atoms with van der Waals surface area (Å²) in [5.74, 6) is 0.0978. The molecule has 2 atom stereocenters. The highest BCUT2D eigenvalue weighted by atomic mass is 35.5. The number of ketones is 1. The molecule has 5 heteroatoms. The lowest BCUT2D eigenvalue weighted by molar-refractivity contribution is -0.119. The monoisotopic (exact) mass is 290 g/mol. The van der Waals surface area contributed by atoms with Crippen LogP contribution in [0.4, 0.5) is 0 Å². The fourth-order valence-electron chi connectivity index (χ4n) is 1.94. The van der Waals surface area contributed by atoms with Gasteiger partial charge in [-0.2, -0.15) is 0 Å². The molecule has 1 fully saturated rings. The Morgan fingerprint density at radius 1 is 1.18 bits per heavy atom. The van der Waals surface area contributed by atoms with E-state index in [-0.39, 0.29) is 11.0 Å². The van der Waals surface area contributed by atoms with Crippen LogP contribution in [0.2, 0.25) is 10.0 Å². The van der Waals surface area contributed by atoms with E-state index in [1.807, 2.05) is 0 Å². The maximum absolute atomic E-state index is 12.3. The largest absolute Gasteiger partial charge is 0.298 e. The van der Waals surface area contributed by atoms with Crippen LogP contribution in [0.3, 0.4) is 0 Å². The van der Waals surface area contributed by atoms with Crippen molar-refractivity contribution in [3.63, 3.8) is 0 Å². The molecule has 1 aliphatic carbocycles. The van der Waals surface area contributed by atoms with E-state index in [4.69, 9.17) is 23.2 Å². The summed E-state index contributed by atoms with van der Waals surface area (Å²) in [5, 5.41) is 0.434. The number of Topliss-reactive ketones (excluding diaryl/α,β-unsaturated/α-hetero) is 1. The van der Waals surface area contributed by atoms with Gasteiger partial charge < -0.3 is 0 Å². The molecule has 2 unspecified atom stereocenters. The van der Waals surface area contributed by atoms with Crippen LogP contribution in [0.1, 0.15) is 25.7 Å². The smallest absolute Gasteiger partial charge is 0.148 e. The number of benzene rings is 1. The molecular weight excluding hydrogens is 279 g/mol. The minimum absolute atomic E-state index is 0.0978. The molecule has 0 bridgehead atoms. The topological polar surface area (TPSA) is 34.1 Å². The van der Waals surface area contributed by atoms with Gasteiger partial charge in [-0.1, -0.05) is 29.6 Å². The minimum Gasteiger partial charge on any atom is -0.298 e. The second-order valence-electron chi connectivity index (χ2n) is 4.07. The zero-order chi connectivity index (χ0) is 12.4. The first-order chi connectivity index (χ1) is 8.09. The summed E-state index contributed by atoms with van der Waals surface area (Å²) in [4.78, 5) is 12.3. The molecule has 0 N–H and O–H groups in total. The van der Waals surface area contributed by atoms with Gasteiger partial charge >= 0.3 is 0 Å². The Labute approximate surface area is 113 Å². The maximum Gasteiger partial charge on any atom is 0.148 e. The van der Waals surface area contributed by atoms with Gasteiger partial charge in [-0.25, -0.2) is 0 Å². The van der Waals surface area contributed by atoms with Gasteiger partial charge in [0.2, 0.25) is 0 Å². The number of rotatable bonds is 2. The van der Waals surface area contributed by atoms with Gasteiger partial charge in [-0.15, -0.1) is 0 Å². The van der Waals surface area contributed by atoms with Crippen molar-refractivity contribution in [2.75, 3.05) is 0 Å². The van der Waals surface area contributed by atoms with Crippen molar-refractivity contribution in [1.82, 2.24) is 0 Å². The van der Waals surface area contributed by atoms with E-state index in [1.165, 1.54) is 0 Å². The van der Waals surface area contributed by atoms with E-state index in [0.29, 0.717) is 27.8 Å². The normalized spacial score (nSPS) is 22.5. The van der Waals surface area contributed by atoms with E-state index in [1.54, 1.807) is 18.2 Å². The number of halogens is 2. The highest BCUT2D eigenvalue weighted by Gasteiger charge is 2.28. The standard InChI is InChI=1S/C12H12Cl2O2S/c13-9-6-5-8(7-10(9)14)17(16)12-4-2-1-3-11(12)15/h5-7,12H,1-4H2. The van der Waals surface area contributed by atoms with Crippen LogP contribution < -0.4 is 0 Å². The van der Waals surface area contributed by atoms with Gasteiger partial charge in [0, 0.05) is 11.3 Å². The Morgan fingerprint density at radius 3 is 2.59 bits per heavy atom. The van der Waals surface area contributed by atoms with Crippen molar-refractivity contribution in [1.29, 1.82) is 0 Å². The second kappa shape index (κ2) is 5.51. The van der Waals surface area contributed by atoms with E-state index in [0.717, 1.165) is 12.8 Å². The first-order valence-corrected chi connectivity index (χ1v) is 7.45. The fraction of sp³-hybridized carbons (Fsp3) is 0.417. The molecule has 0 saturated heterocycles. The molecule has 0 spiro atoms. The molecule has 0 aromatic heterocycles. The van der Waals surface area contributed by atoms with Gasteiger partial charge in [-0.3, -0.25) is 9.00 Å². The highest BCUT2D eigenvalue weighted by molar-refractivity contribution is 7.86. The predicted molar refractivity (Wildman–Crippen MR) is 70.1 cm³/mol. The first kappa shape index (κ1) is 13.1. The lowest BCUT2D eigenvalue weighted by Gasteiger charge is -2.19. The summed E-state index contributed by atoms with van der Waals surface area (Å²) < 4.78 is 12.3. The Morgan fingerprint density at radius 2 is 1.94 bits per heavy atom. The third kappa shape index (κ3) is 2.90. The van der Waals surface area contributed by atoms with E-state index in [9.17, 15) is 9.00 Å². The van der Waals surface area contributed by atoms with Gasteiger partial charge in [0.15, 0.2) is 0 Å². The molecule has 1 aromatic carbocycles. The molecule has 1 aliphatic rings. The van der Waals surface area contributed by atoms with E-state index >= 15 is 0 Å². The summed E-state index contributed by atoms with van der Waals surface area (Å²) in [6, 6.07) is 4.87. The van der Waals surface area contributed by atoms with Crippen LogP contribution in [-0.4, -0.2) is 15.2 Å². The Hall–Kier alpha value is -0.380. The predicted octanol–water partition coefficient (Wildman–Crippen LogP) is 3.61. The van der Waals surface area contributed by atoms with Crippen molar-refractivity contribution in [2.45, 2.75) is 35.8 Å². The van der Waals surface area contributed by atoms with E-state index < -0.39 is 10.8 Å². The molecule has 0 heterocycles. The molecular formula is C12H12Cl2O2S. The van der Waals surface area contributed by atoms with Crippen LogP contribution in [0, 0.1) is 0 Å². The number of hydrogen-bond acceptors (Lipinski definition) is 2. The zero-order valence-corrected chi connectivity index (χ0v) is 11.4. The van der Waals surface area contributed by atoms with Crippen LogP contribution in [0.5, 0.6) is 0 Å². The van der Waals surface area contributed by atoms with Gasteiger partial charge in [0.1, 0.15) is 5.78 Å². The van der Waals surface area contributed by atoms with Crippen LogP contribution in [0.25, 0.3) is 0 Å². The van der Waals surface area contributed by atoms with Crippen LogP contribution in [0.15, 0.2) is 23.1 Å². The molecule has 0 amide bonds. The summed E-state index contributed by atoms with van der Waals surface area (Å²) in [5.41, 5.74) is 0. The van der Waals surface area contributed by atoms with Crippen molar-refractivity contribution in [3.8, 4) is 0 Å². The van der Waals surface area contributed by atoms with Crippen LogP contribution in [-0.2, 0) is 15.6 Å². The average molecular weight is 291 g/mol. The third-order valence-corrected chi connectivity index (χ3v) is 5.35. The van der Waals surface area contributed by atoms with E-state index in [2.05, 4.69) is 0 Å².